The molecule has 0 saturated heterocycles. The highest BCUT2D eigenvalue weighted by Crippen LogP contribution is 1.80. The first-order chi connectivity index (χ1) is 4.70. The van der Waals surface area contributed by atoms with Crippen molar-refractivity contribution in [2.45, 2.75) is 13.8 Å². The van der Waals surface area contributed by atoms with Gasteiger partial charge in [0, 0.05) is 6.92 Å². The standard InChI is InChI=1S/C4H8N4O2/c1-3(7-9)5-6-4(2)8-10/h9H,1-2H3,(H,5,7). The molecule has 0 spiro atoms. The molecule has 0 radical (unpaired) electrons. The van der Waals surface area contributed by atoms with Crippen LogP contribution >= 0.6 is 0 Å². The lowest BCUT2D eigenvalue weighted by atomic mass is 10.7. The smallest absolute Gasteiger partial charge is 0.192 e. The van der Waals surface area contributed by atoms with Crippen molar-refractivity contribution in [2.75, 3.05) is 0 Å². The Bertz CT molecular complexity index is 174. The van der Waals surface area contributed by atoms with E-state index in [2.05, 4.69) is 15.4 Å². The van der Waals surface area contributed by atoms with Gasteiger partial charge in [0.15, 0.2) is 5.84 Å². The van der Waals surface area contributed by atoms with E-state index in [-0.39, 0.29) is 11.7 Å². The van der Waals surface area contributed by atoms with Crippen LogP contribution in [0.15, 0.2) is 15.4 Å². The predicted octanol–water partition coefficient (Wildman–Crippen LogP) is 0.483. The van der Waals surface area contributed by atoms with E-state index >= 15 is 0 Å². The molecule has 0 saturated carbocycles. The number of nitroso groups, excluding NO2 is 1. The molecule has 2 N–H and O–H groups in total. The van der Waals surface area contributed by atoms with Crippen molar-refractivity contribution in [1.29, 1.82) is 0 Å². The van der Waals surface area contributed by atoms with Crippen LogP contribution < -0.4 is 5.48 Å². The number of hydrogen-bond donors (Lipinski definition) is 2. The van der Waals surface area contributed by atoms with Crippen LogP contribution in [-0.4, -0.2) is 16.9 Å². The molecule has 0 heterocycles. The maximum absolute atomic E-state index is 9.67. The van der Waals surface area contributed by atoms with Gasteiger partial charge in [0.05, 0.1) is 0 Å². The number of nitrogens with one attached hydrogen (secondary N) is 1. The molecule has 10 heavy (non-hydrogen) atoms. The fourth-order valence-corrected chi connectivity index (χ4v) is 0.188. The van der Waals surface area contributed by atoms with Gasteiger partial charge in [-0.1, -0.05) is 0 Å². The third kappa shape index (κ3) is 3.67. The van der Waals surface area contributed by atoms with Gasteiger partial charge in [-0.15, -0.1) is 15.1 Å². The Kier molecular flexibility index (Phi) is 3.97. The van der Waals surface area contributed by atoms with Crippen LogP contribution in [-0.2, 0) is 0 Å². The van der Waals surface area contributed by atoms with E-state index in [9.17, 15) is 4.91 Å². The highest BCUT2D eigenvalue weighted by atomic mass is 16.5. The second-order valence-corrected chi connectivity index (χ2v) is 1.54. The van der Waals surface area contributed by atoms with E-state index in [1.807, 2.05) is 0 Å². The molecule has 0 atom stereocenters. The van der Waals surface area contributed by atoms with Crippen molar-refractivity contribution in [3.63, 3.8) is 0 Å². The van der Waals surface area contributed by atoms with E-state index < -0.39 is 0 Å². The molecular weight excluding hydrogens is 136 g/mol. The maximum Gasteiger partial charge on any atom is 0.192 e. The van der Waals surface area contributed by atoms with Crippen molar-refractivity contribution < 1.29 is 5.21 Å². The topological polar surface area (TPSA) is 86.4 Å². The molecule has 0 aromatic carbocycles. The third-order valence-electron chi connectivity index (χ3n) is 0.639. The van der Waals surface area contributed by atoms with Crippen molar-refractivity contribution in [2.24, 2.45) is 15.4 Å². The summed E-state index contributed by atoms with van der Waals surface area (Å²) in [6.45, 7) is 2.89. The molecular formula is C4H8N4O2. The quantitative estimate of drug-likeness (QED) is 0.243. The van der Waals surface area contributed by atoms with Gasteiger partial charge in [-0.25, -0.2) is 0 Å². The van der Waals surface area contributed by atoms with Crippen LogP contribution in [0.2, 0.25) is 0 Å². The molecule has 0 unspecified atom stereocenters. The molecule has 0 fully saturated rings. The average Bonchev–Trinajstić information content (AvgIpc) is 1.99. The molecule has 0 amide bonds. The monoisotopic (exact) mass is 144 g/mol. The summed E-state index contributed by atoms with van der Waals surface area (Å²) in [6.07, 6.45) is 0. The van der Waals surface area contributed by atoms with Crippen LogP contribution in [0, 0.1) is 4.91 Å². The first kappa shape index (κ1) is 8.70. The lowest BCUT2D eigenvalue weighted by Crippen LogP contribution is -2.13. The van der Waals surface area contributed by atoms with E-state index in [4.69, 9.17) is 5.21 Å². The molecule has 0 aromatic heterocycles. The molecule has 6 heteroatoms. The van der Waals surface area contributed by atoms with Crippen molar-refractivity contribution >= 4 is 11.7 Å². The van der Waals surface area contributed by atoms with Crippen molar-refractivity contribution in [3.8, 4) is 0 Å². The maximum atomic E-state index is 9.67. The Morgan fingerprint density at radius 1 is 1.40 bits per heavy atom. The van der Waals surface area contributed by atoms with Crippen LogP contribution in [0.3, 0.4) is 0 Å². The molecule has 56 valence electrons. The van der Waals surface area contributed by atoms with E-state index in [0.29, 0.717) is 0 Å². The zero-order valence-corrected chi connectivity index (χ0v) is 5.70. The van der Waals surface area contributed by atoms with E-state index in [1.54, 1.807) is 5.48 Å². The summed E-state index contributed by atoms with van der Waals surface area (Å²) in [7, 11) is 0. The highest BCUT2D eigenvalue weighted by Gasteiger charge is 1.85. The van der Waals surface area contributed by atoms with Gasteiger partial charge in [-0.05, 0) is 12.1 Å². The minimum atomic E-state index is 0.00889. The first-order valence-corrected chi connectivity index (χ1v) is 2.53. The number of nitrogens with zero attached hydrogens (tertiary/aromatic N) is 3. The molecule has 0 aliphatic heterocycles. The number of rotatable bonds is 1. The predicted molar refractivity (Wildman–Crippen MR) is 36.9 cm³/mol. The summed E-state index contributed by atoms with van der Waals surface area (Å²) in [5, 5.41) is 17.3. The van der Waals surface area contributed by atoms with Crippen LogP contribution in [0.5, 0.6) is 0 Å². The zero-order chi connectivity index (χ0) is 7.98. The Balaban J connectivity index is 4.03. The Morgan fingerprint density at radius 3 is 2.40 bits per heavy atom. The SMILES string of the molecule is CC(N=O)=NN=C(C)NO. The van der Waals surface area contributed by atoms with Crippen molar-refractivity contribution in [1.82, 2.24) is 5.48 Å². The largest absolute Gasteiger partial charge is 0.290 e. The van der Waals surface area contributed by atoms with Gasteiger partial charge in [-0.3, -0.25) is 10.7 Å². The first-order valence-electron chi connectivity index (χ1n) is 2.53. The molecule has 0 aromatic rings. The molecule has 0 aliphatic carbocycles. The summed E-state index contributed by atoms with van der Waals surface area (Å²) in [5.74, 6) is 0.206. The molecule has 0 rings (SSSR count). The van der Waals surface area contributed by atoms with Gasteiger partial charge in [0.2, 0.25) is 0 Å². The Labute approximate surface area is 57.6 Å². The minimum absolute atomic E-state index is 0.00889. The second-order valence-electron chi connectivity index (χ2n) is 1.54. The summed E-state index contributed by atoms with van der Waals surface area (Å²) >= 11 is 0. The third-order valence-corrected chi connectivity index (χ3v) is 0.639. The minimum Gasteiger partial charge on any atom is -0.290 e. The fraction of sp³-hybridized carbons (Fsp3) is 0.500. The molecule has 6 nitrogen and oxygen atoms in total. The number of hydroxylamine groups is 1. The van der Waals surface area contributed by atoms with Crippen molar-refractivity contribution in [3.05, 3.63) is 4.91 Å². The average molecular weight is 144 g/mol. The number of hydrogen-bond acceptors (Lipinski definition) is 4. The van der Waals surface area contributed by atoms with Gasteiger partial charge in [0.25, 0.3) is 0 Å². The highest BCUT2D eigenvalue weighted by molar-refractivity contribution is 5.82. The summed E-state index contributed by atoms with van der Waals surface area (Å²) in [5.41, 5.74) is 1.74. The second kappa shape index (κ2) is 4.57. The lowest BCUT2D eigenvalue weighted by Gasteiger charge is -1.89. The van der Waals surface area contributed by atoms with Crippen LogP contribution in [0.1, 0.15) is 13.8 Å². The van der Waals surface area contributed by atoms with E-state index in [0.717, 1.165) is 0 Å². The van der Waals surface area contributed by atoms with Gasteiger partial charge < -0.3 is 0 Å². The molecule has 0 aliphatic rings. The molecule has 0 bridgehead atoms. The number of amidine groups is 2. The summed E-state index contributed by atoms with van der Waals surface area (Å²) < 4.78 is 0. The van der Waals surface area contributed by atoms with E-state index in [1.165, 1.54) is 13.8 Å². The van der Waals surface area contributed by atoms with Gasteiger partial charge in [0.1, 0.15) is 5.84 Å². The fourth-order valence-electron chi connectivity index (χ4n) is 0.188. The Morgan fingerprint density at radius 2 is 2.00 bits per heavy atom. The summed E-state index contributed by atoms with van der Waals surface area (Å²) in [4.78, 5) is 9.67. The Hall–Kier alpha value is -1.30. The van der Waals surface area contributed by atoms with Gasteiger partial charge in [-0.2, -0.15) is 0 Å². The zero-order valence-electron chi connectivity index (χ0n) is 5.70. The summed E-state index contributed by atoms with van der Waals surface area (Å²) in [6, 6.07) is 0. The normalized spacial score (nSPS) is 13.1. The van der Waals surface area contributed by atoms with Gasteiger partial charge >= 0.3 is 0 Å². The van der Waals surface area contributed by atoms with Crippen LogP contribution in [0.4, 0.5) is 0 Å². The lowest BCUT2D eigenvalue weighted by molar-refractivity contribution is 0.233. The van der Waals surface area contributed by atoms with Crippen LogP contribution in [0.25, 0.3) is 0 Å².